The quantitative estimate of drug-likeness (QED) is 0.106. The number of nitrogens with one attached hydrogen (secondary N) is 2. The highest BCUT2D eigenvalue weighted by Crippen LogP contribution is 2.35. The number of nitriles is 1. The number of rotatable bonds is 14. The first-order valence-electron chi connectivity index (χ1n) is 15.1. The molecule has 5 heterocycles. The van der Waals surface area contributed by atoms with Crippen molar-refractivity contribution < 1.29 is 19.0 Å². The lowest BCUT2D eigenvalue weighted by molar-refractivity contribution is -0.109. The predicted molar refractivity (Wildman–Crippen MR) is 186 cm³/mol. The molecule has 7 aromatic rings. The van der Waals surface area contributed by atoms with E-state index in [4.69, 9.17) is 24.2 Å². The lowest BCUT2D eigenvalue weighted by Gasteiger charge is -2.13. The predicted octanol–water partition coefficient (Wildman–Crippen LogP) is 5.93. The average Bonchev–Trinajstić information content (AvgIpc) is 3.88. The summed E-state index contributed by atoms with van der Waals surface area (Å²) in [4.78, 5) is 26.8. The number of imidazole rings is 2. The smallest absolute Gasteiger partial charge is 0.207 e. The third kappa shape index (κ3) is 6.14. The summed E-state index contributed by atoms with van der Waals surface area (Å²) >= 11 is 3.15. The maximum Gasteiger partial charge on any atom is 0.207 e. The van der Waals surface area contributed by atoms with E-state index >= 15 is 0 Å². The number of fused-ring (bicyclic) bond motifs is 4. The van der Waals surface area contributed by atoms with Crippen LogP contribution in [-0.4, -0.2) is 63.6 Å². The fourth-order valence-corrected chi connectivity index (χ4v) is 7.29. The number of benzene rings is 2. The molecule has 0 fully saturated rings. The van der Waals surface area contributed by atoms with E-state index in [1.807, 2.05) is 72.7 Å². The standard InChI is InChI=1S/C34H30N8O4S2/c1-21-32(47-20-38-21)23-3-4-24(17-37-19-43)28(14-23)46-12-10-44-9-11-45-25-5-6-27-29(15-25)48-34-39-26(18-42(27)34)31-33(36-2)41-8-7-22(16-35)13-30(41)40-31/h3-8,13-15,18-20,36H,9-12,17H2,1-2H3,(H,37,43). The van der Waals surface area contributed by atoms with Gasteiger partial charge in [0.2, 0.25) is 6.41 Å². The summed E-state index contributed by atoms with van der Waals surface area (Å²) < 4.78 is 22.8. The maximum atomic E-state index is 10.9. The molecule has 14 heteroatoms. The Morgan fingerprint density at radius 1 is 1.02 bits per heavy atom. The Balaban J connectivity index is 0.947. The van der Waals surface area contributed by atoms with Crippen LogP contribution in [-0.2, 0) is 16.1 Å². The van der Waals surface area contributed by atoms with Gasteiger partial charge in [-0.2, -0.15) is 5.26 Å². The number of amides is 1. The number of hydrogen-bond donors (Lipinski definition) is 2. The molecular weight excluding hydrogens is 649 g/mol. The highest BCUT2D eigenvalue weighted by atomic mass is 32.1. The van der Waals surface area contributed by atoms with Crippen LogP contribution in [0.2, 0.25) is 0 Å². The number of nitrogens with zero attached hydrogens (tertiary/aromatic N) is 6. The number of hydrogen-bond acceptors (Lipinski definition) is 11. The van der Waals surface area contributed by atoms with Gasteiger partial charge >= 0.3 is 0 Å². The fraction of sp³-hybridized carbons (Fsp3) is 0.206. The van der Waals surface area contributed by atoms with Crippen molar-refractivity contribution in [1.29, 1.82) is 5.26 Å². The van der Waals surface area contributed by atoms with E-state index in [0.717, 1.165) is 59.8 Å². The van der Waals surface area contributed by atoms with Gasteiger partial charge in [-0.25, -0.2) is 15.0 Å². The van der Waals surface area contributed by atoms with Crippen LogP contribution in [0.25, 0.3) is 42.7 Å². The Kier molecular flexibility index (Phi) is 8.89. The molecule has 7 rings (SSSR count). The molecule has 0 radical (unpaired) electrons. The first-order chi connectivity index (χ1) is 23.6. The van der Waals surface area contributed by atoms with Gasteiger partial charge in [0, 0.05) is 31.5 Å². The molecule has 2 N–H and O–H groups in total. The average molecular weight is 679 g/mol. The molecular formula is C34H30N8O4S2. The van der Waals surface area contributed by atoms with Crippen molar-refractivity contribution in [3.05, 3.63) is 83.3 Å². The van der Waals surface area contributed by atoms with Crippen molar-refractivity contribution in [3.8, 4) is 39.4 Å². The summed E-state index contributed by atoms with van der Waals surface area (Å²) in [6.45, 7) is 3.89. The summed E-state index contributed by atoms with van der Waals surface area (Å²) in [6, 6.07) is 17.6. The van der Waals surface area contributed by atoms with Gasteiger partial charge in [-0.15, -0.1) is 11.3 Å². The van der Waals surface area contributed by atoms with Gasteiger partial charge in [-0.3, -0.25) is 13.6 Å². The molecule has 0 aliphatic carbocycles. The number of anilines is 1. The molecule has 0 atom stereocenters. The topological polar surface area (TPSA) is 140 Å². The normalized spacial score (nSPS) is 11.3. The molecule has 5 aromatic heterocycles. The van der Waals surface area contributed by atoms with Crippen LogP contribution in [0.15, 0.2) is 66.4 Å². The number of carbonyl (C=O) groups excluding carboxylic acids is 1. The molecule has 0 saturated heterocycles. The van der Waals surface area contributed by atoms with Crippen LogP contribution in [0.3, 0.4) is 0 Å². The zero-order valence-corrected chi connectivity index (χ0v) is 27.7. The Hall–Kier alpha value is -5.49. The largest absolute Gasteiger partial charge is 0.491 e. The lowest BCUT2D eigenvalue weighted by atomic mass is 10.1. The minimum Gasteiger partial charge on any atom is -0.491 e. The maximum absolute atomic E-state index is 10.9. The summed E-state index contributed by atoms with van der Waals surface area (Å²) in [5.74, 6) is 2.26. The van der Waals surface area contributed by atoms with Gasteiger partial charge in [0.25, 0.3) is 0 Å². The van der Waals surface area contributed by atoms with Crippen molar-refractivity contribution in [3.63, 3.8) is 0 Å². The van der Waals surface area contributed by atoms with Crippen molar-refractivity contribution in [2.45, 2.75) is 13.5 Å². The molecule has 0 aliphatic heterocycles. The first kappa shape index (κ1) is 31.1. The number of pyridine rings is 1. The molecule has 1 amide bonds. The molecule has 0 bridgehead atoms. The molecule has 242 valence electrons. The number of thiazole rings is 2. The fourth-order valence-electron chi connectivity index (χ4n) is 5.45. The van der Waals surface area contributed by atoms with Crippen LogP contribution in [0.5, 0.6) is 11.5 Å². The minimum absolute atomic E-state index is 0.355. The minimum atomic E-state index is 0.355. The molecule has 0 spiro atoms. The molecule has 0 saturated carbocycles. The van der Waals surface area contributed by atoms with Gasteiger partial charge in [0.05, 0.1) is 51.1 Å². The lowest BCUT2D eigenvalue weighted by Crippen LogP contribution is -2.14. The van der Waals surface area contributed by atoms with E-state index < -0.39 is 0 Å². The number of aryl methyl sites for hydroxylation is 1. The molecule has 2 aromatic carbocycles. The van der Waals surface area contributed by atoms with Crippen molar-refractivity contribution >= 4 is 55.7 Å². The zero-order valence-electron chi connectivity index (χ0n) is 26.1. The Morgan fingerprint density at radius 3 is 2.69 bits per heavy atom. The third-order valence-corrected chi connectivity index (χ3v) is 9.73. The summed E-state index contributed by atoms with van der Waals surface area (Å²) in [6.07, 6.45) is 4.49. The van der Waals surface area contributed by atoms with E-state index in [9.17, 15) is 10.1 Å². The van der Waals surface area contributed by atoms with Crippen molar-refractivity contribution in [1.82, 2.24) is 29.1 Å². The monoisotopic (exact) mass is 678 g/mol. The van der Waals surface area contributed by atoms with Crippen LogP contribution in [0, 0.1) is 18.3 Å². The summed E-state index contributed by atoms with van der Waals surface area (Å²) in [5, 5.41) is 15.2. The van der Waals surface area contributed by atoms with Gasteiger partial charge < -0.3 is 24.8 Å². The number of carbonyl (C=O) groups is 1. The molecule has 0 aliphatic rings. The highest BCUT2D eigenvalue weighted by Gasteiger charge is 2.18. The SMILES string of the molecule is CNc1c(-c2cn3c(n2)sc2cc(OCCOCCOc4cc(-c5scnc5C)ccc4CNC=O)ccc23)nc2cc(C#N)ccn12. The second-order valence-corrected chi connectivity index (χ2v) is 12.6. The van der Waals surface area contributed by atoms with Crippen LogP contribution >= 0.6 is 22.7 Å². The second-order valence-electron chi connectivity index (χ2n) is 10.7. The zero-order chi connectivity index (χ0) is 33.0. The van der Waals surface area contributed by atoms with Crippen LogP contribution in [0.4, 0.5) is 5.82 Å². The van der Waals surface area contributed by atoms with E-state index in [2.05, 4.69) is 26.1 Å². The van der Waals surface area contributed by atoms with Gasteiger partial charge in [-0.05, 0) is 48.9 Å². The Bertz CT molecular complexity index is 2300. The van der Waals surface area contributed by atoms with Gasteiger partial charge in [0.1, 0.15) is 47.6 Å². The van der Waals surface area contributed by atoms with Crippen LogP contribution < -0.4 is 20.1 Å². The van der Waals surface area contributed by atoms with E-state index in [1.165, 1.54) is 0 Å². The van der Waals surface area contributed by atoms with Crippen molar-refractivity contribution in [2.24, 2.45) is 0 Å². The highest BCUT2D eigenvalue weighted by molar-refractivity contribution is 7.23. The first-order valence-corrected chi connectivity index (χ1v) is 16.8. The van der Waals surface area contributed by atoms with Crippen LogP contribution in [0.1, 0.15) is 16.8 Å². The molecule has 48 heavy (non-hydrogen) atoms. The summed E-state index contributed by atoms with van der Waals surface area (Å²) in [5.41, 5.74) is 8.42. The van der Waals surface area contributed by atoms with Gasteiger partial charge in [-0.1, -0.05) is 23.5 Å². The number of ether oxygens (including phenoxy) is 3. The Labute approximate surface area is 283 Å². The molecule has 0 unspecified atom stereocenters. The summed E-state index contributed by atoms with van der Waals surface area (Å²) in [7, 11) is 1.84. The van der Waals surface area contributed by atoms with E-state index in [-0.39, 0.29) is 0 Å². The Morgan fingerprint density at radius 2 is 1.90 bits per heavy atom. The number of aromatic nitrogens is 5. The van der Waals surface area contributed by atoms with E-state index in [1.54, 1.807) is 34.8 Å². The van der Waals surface area contributed by atoms with Gasteiger partial charge in [0.15, 0.2) is 4.96 Å². The third-order valence-electron chi connectivity index (χ3n) is 7.73. The van der Waals surface area contributed by atoms with Crippen molar-refractivity contribution in [2.75, 3.05) is 38.8 Å². The molecule has 12 nitrogen and oxygen atoms in total. The van der Waals surface area contributed by atoms with E-state index in [0.29, 0.717) is 56.3 Å². The second kappa shape index (κ2) is 13.7.